The normalized spacial score (nSPS) is 15.0. The average molecular weight is 348 g/mol. The van der Waals surface area contributed by atoms with Crippen LogP contribution in [0.4, 0.5) is 4.39 Å². The number of hydrogen-bond acceptors (Lipinski definition) is 1. The Bertz CT molecular complexity index is 465. The number of halogens is 2. The van der Waals surface area contributed by atoms with Gasteiger partial charge in [0.1, 0.15) is 5.82 Å². The van der Waals surface area contributed by atoms with Crippen molar-refractivity contribution in [3.05, 3.63) is 46.7 Å². The van der Waals surface area contributed by atoms with Crippen LogP contribution >= 0.6 is 15.9 Å². The van der Waals surface area contributed by atoms with Crippen molar-refractivity contribution in [3.63, 3.8) is 0 Å². The van der Waals surface area contributed by atoms with Gasteiger partial charge in [-0.05, 0) is 51.0 Å². The van der Waals surface area contributed by atoms with Crippen LogP contribution in [0.2, 0.25) is 0 Å². The topological polar surface area (TPSA) is 29.1 Å². The van der Waals surface area contributed by atoms with Crippen LogP contribution in [-0.2, 0) is 11.0 Å². The van der Waals surface area contributed by atoms with Crippen LogP contribution in [0.25, 0.3) is 0 Å². The van der Waals surface area contributed by atoms with Gasteiger partial charge in [0.15, 0.2) is 0 Å². The Kier molecular flexibility index (Phi) is 5.89. The molecule has 106 valence electrons. The van der Waals surface area contributed by atoms with Crippen molar-refractivity contribution in [2.24, 2.45) is 0 Å². The van der Waals surface area contributed by atoms with Gasteiger partial charge in [-0.25, -0.2) is 13.3 Å². The van der Waals surface area contributed by atoms with Crippen LogP contribution in [0, 0.1) is 5.82 Å². The molecular formula is C14H19BrFNOS. The first-order chi connectivity index (χ1) is 8.74. The molecule has 0 bridgehead atoms. The highest BCUT2D eigenvalue weighted by atomic mass is 79.9. The molecule has 0 aromatic heterocycles. The summed E-state index contributed by atoms with van der Waals surface area (Å²) in [6.45, 7) is 9.37. The van der Waals surface area contributed by atoms with E-state index in [-0.39, 0.29) is 16.6 Å². The lowest BCUT2D eigenvalue weighted by Crippen LogP contribution is -2.35. The zero-order valence-electron chi connectivity index (χ0n) is 11.4. The molecule has 0 aliphatic heterocycles. The zero-order valence-corrected chi connectivity index (χ0v) is 13.8. The molecule has 1 aromatic rings. The minimum atomic E-state index is -1.22. The van der Waals surface area contributed by atoms with E-state index in [2.05, 4.69) is 27.2 Å². The van der Waals surface area contributed by atoms with Gasteiger partial charge in [0.25, 0.3) is 0 Å². The minimum Gasteiger partial charge on any atom is -0.242 e. The molecule has 0 saturated heterocycles. The number of nitrogens with one attached hydrogen (secondary N) is 1. The number of benzene rings is 1. The quantitative estimate of drug-likeness (QED) is 0.792. The highest BCUT2D eigenvalue weighted by Gasteiger charge is 2.23. The zero-order chi connectivity index (χ0) is 14.6. The van der Waals surface area contributed by atoms with Crippen molar-refractivity contribution in [1.82, 2.24) is 4.72 Å². The Morgan fingerprint density at radius 3 is 2.58 bits per heavy atom. The van der Waals surface area contributed by atoms with E-state index in [0.29, 0.717) is 10.9 Å². The fourth-order valence-electron chi connectivity index (χ4n) is 1.50. The minimum absolute atomic E-state index is 0.218. The molecule has 0 fully saturated rings. The predicted molar refractivity (Wildman–Crippen MR) is 82.7 cm³/mol. The van der Waals surface area contributed by atoms with Gasteiger partial charge in [0, 0.05) is 10.5 Å². The molecule has 2 atom stereocenters. The summed E-state index contributed by atoms with van der Waals surface area (Å²) in [6, 6.07) is 4.45. The van der Waals surface area contributed by atoms with Crippen molar-refractivity contribution < 1.29 is 8.60 Å². The molecule has 1 N–H and O–H groups in total. The molecule has 0 spiro atoms. The molecular weight excluding hydrogens is 329 g/mol. The summed E-state index contributed by atoms with van der Waals surface area (Å²) in [5.74, 6) is -0.318. The molecule has 1 unspecified atom stereocenters. The first kappa shape index (κ1) is 16.5. The molecule has 0 amide bonds. The highest BCUT2D eigenvalue weighted by molar-refractivity contribution is 9.10. The molecule has 19 heavy (non-hydrogen) atoms. The standard InChI is InChI=1S/C14H19BrFNOS/c1-5-6-13(17-19(18)14(2,3)4)10-7-11(15)9-12(16)8-10/h5,7-9,13,17H,1,6H2,2-4H3/t13-,19?/m0/s1. The van der Waals surface area contributed by atoms with Gasteiger partial charge < -0.3 is 0 Å². The fourth-order valence-corrected chi connectivity index (χ4v) is 2.83. The highest BCUT2D eigenvalue weighted by Crippen LogP contribution is 2.24. The van der Waals surface area contributed by atoms with Gasteiger partial charge in [-0.1, -0.05) is 22.0 Å². The first-order valence-corrected chi connectivity index (χ1v) is 7.93. The third-order valence-corrected chi connectivity index (χ3v) is 4.56. The lowest BCUT2D eigenvalue weighted by Gasteiger charge is -2.24. The lowest BCUT2D eigenvalue weighted by molar-refractivity contribution is 0.591. The Hall–Kier alpha value is -0.520. The van der Waals surface area contributed by atoms with E-state index in [1.807, 2.05) is 26.8 Å². The van der Waals surface area contributed by atoms with E-state index in [9.17, 15) is 8.60 Å². The van der Waals surface area contributed by atoms with Gasteiger partial charge >= 0.3 is 0 Å². The molecule has 0 aliphatic carbocycles. The third-order valence-electron chi connectivity index (χ3n) is 2.50. The smallest absolute Gasteiger partial charge is 0.124 e. The van der Waals surface area contributed by atoms with Gasteiger partial charge in [0.2, 0.25) is 0 Å². The van der Waals surface area contributed by atoms with Crippen LogP contribution in [0.5, 0.6) is 0 Å². The van der Waals surface area contributed by atoms with Crippen molar-refractivity contribution in [1.29, 1.82) is 0 Å². The summed E-state index contributed by atoms with van der Waals surface area (Å²) >= 11 is 3.27. The second-order valence-electron chi connectivity index (χ2n) is 5.28. The van der Waals surface area contributed by atoms with Crippen LogP contribution in [0.15, 0.2) is 35.3 Å². The summed E-state index contributed by atoms with van der Waals surface area (Å²) in [5, 5.41) is 0. The maximum Gasteiger partial charge on any atom is 0.124 e. The maximum atomic E-state index is 13.4. The summed E-state index contributed by atoms with van der Waals surface area (Å²) in [7, 11) is -1.22. The van der Waals surface area contributed by atoms with Crippen LogP contribution in [-0.4, -0.2) is 8.96 Å². The third kappa shape index (κ3) is 5.16. The van der Waals surface area contributed by atoms with Gasteiger partial charge in [-0.3, -0.25) is 0 Å². The summed E-state index contributed by atoms with van der Waals surface area (Å²) < 4.78 is 28.9. The van der Waals surface area contributed by atoms with Gasteiger partial charge in [0.05, 0.1) is 15.7 Å². The fraction of sp³-hybridized carbons (Fsp3) is 0.429. The Morgan fingerprint density at radius 1 is 1.47 bits per heavy atom. The van der Waals surface area contributed by atoms with Gasteiger partial charge in [-0.2, -0.15) is 0 Å². The summed E-state index contributed by atoms with van der Waals surface area (Å²) in [5.41, 5.74) is 0.754. The van der Waals surface area contributed by atoms with Crippen molar-refractivity contribution >= 4 is 26.9 Å². The maximum absolute atomic E-state index is 13.4. The first-order valence-electron chi connectivity index (χ1n) is 5.99. The van der Waals surface area contributed by atoms with E-state index in [1.165, 1.54) is 12.1 Å². The SMILES string of the molecule is C=CC[C@H](NS(=O)C(C)(C)C)c1cc(F)cc(Br)c1. The Balaban J connectivity index is 3.00. The monoisotopic (exact) mass is 347 g/mol. The lowest BCUT2D eigenvalue weighted by atomic mass is 10.0. The van der Waals surface area contributed by atoms with E-state index >= 15 is 0 Å². The second-order valence-corrected chi connectivity index (χ2v) is 8.19. The molecule has 1 rings (SSSR count). The molecule has 0 radical (unpaired) electrons. The number of rotatable bonds is 5. The van der Waals surface area contributed by atoms with E-state index in [4.69, 9.17) is 0 Å². The second kappa shape index (κ2) is 6.77. The van der Waals surface area contributed by atoms with Crippen LogP contribution in [0.3, 0.4) is 0 Å². The number of hydrogen-bond donors (Lipinski definition) is 1. The summed E-state index contributed by atoms with van der Waals surface area (Å²) in [6.07, 6.45) is 2.31. The predicted octanol–water partition coefficient (Wildman–Crippen LogP) is 4.26. The molecule has 0 heterocycles. The average Bonchev–Trinajstić information content (AvgIpc) is 2.25. The van der Waals surface area contributed by atoms with E-state index in [0.717, 1.165) is 5.56 Å². The Morgan fingerprint density at radius 2 is 2.11 bits per heavy atom. The van der Waals surface area contributed by atoms with Crippen molar-refractivity contribution in [2.45, 2.75) is 38.0 Å². The molecule has 5 heteroatoms. The van der Waals surface area contributed by atoms with Crippen LogP contribution < -0.4 is 4.72 Å². The van der Waals surface area contributed by atoms with Gasteiger partial charge in [-0.15, -0.1) is 6.58 Å². The Labute approximate surface area is 125 Å². The van der Waals surface area contributed by atoms with E-state index < -0.39 is 11.0 Å². The van der Waals surface area contributed by atoms with E-state index in [1.54, 1.807) is 6.08 Å². The van der Waals surface area contributed by atoms with Crippen molar-refractivity contribution in [3.8, 4) is 0 Å². The summed E-state index contributed by atoms with van der Waals surface area (Å²) in [4.78, 5) is 0. The molecule has 0 aliphatic rings. The largest absolute Gasteiger partial charge is 0.242 e. The van der Waals surface area contributed by atoms with Crippen LogP contribution in [0.1, 0.15) is 38.8 Å². The molecule has 2 nitrogen and oxygen atoms in total. The molecule has 1 aromatic carbocycles. The van der Waals surface area contributed by atoms with Crippen molar-refractivity contribution in [2.75, 3.05) is 0 Å². The molecule has 0 saturated carbocycles.